The lowest BCUT2D eigenvalue weighted by Crippen LogP contribution is -2.17. The predicted molar refractivity (Wildman–Crippen MR) is 554 cm³/mol. The topological polar surface area (TPSA) is 115 Å². The van der Waals surface area contributed by atoms with Gasteiger partial charge in [-0.25, -0.2) is 29.9 Å². The summed E-state index contributed by atoms with van der Waals surface area (Å²) < 4.78 is 18.4. The van der Waals surface area contributed by atoms with Crippen molar-refractivity contribution in [3.8, 4) is 96.8 Å². The Balaban J connectivity index is 0.000000103. The first-order valence-corrected chi connectivity index (χ1v) is 46.4. The SMILES string of the molecule is CC1(C)c2c(n(-c3ccccc3)c3ccccc23)-c2ccc3c4ccccc4n(-c4nc(-c5ccccc5)c5ccccc5n4)c3c21.CC1(C)c2ccc3c(c2-c2c1c1ccccc1n2-c1ccccc1)c1ccccc1n3-c1nc(-c2ccccc2)c2ccccc2n1.CC1(C)c2ccccc2-c2oc3cc4c5ccccc5n(-c5nc(-c6ccccc6)c6ccccc6n5)c4cc3c21. The molecule has 17 aromatic carbocycles. The fourth-order valence-corrected chi connectivity index (χ4v) is 23.2. The number of fused-ring (bicyclic) bond motifs is 29. The molecule has 0 saturated carbocycles. The van der Waals surface area contributed by atoms with Gasteiger partial charge in [0.15, 0.2) is 0 Å². The smallest absolute Gasteiger partial charge is 0.235 e. The molecule has 135 heavy (non-hydrogen) atoms. The minimum Gasteiger partial charge on any atom is -0.456 e. The zero-order valence-electron chi connectivity index (χ0n) is 75.0. The lowest BCUT2D eigenvalue weighted by atomic mass is 9.80. The zero-order valence-corrected chi connectivity index (χ0v) is 75.0. The molecule has 0 unspecified atom stereocenters. The number of nitrogens with zero attached hydrogens (tertiary/aromatic N) is 11. The second-order valence-electron chi connectivity index (χ2n) is 37.5. The Morgan fingerprint density at radius 2 is 0.615 bits per heavy atom. The maximum atomic E-state index is 6.64. The Hall–Kier alpha value is -17.2. The van der Waals surface area contributed by atoms with Crippen molar-refractivity contribution < 1.29 is 4.42 Å². The molecule has 12 nitrogen and oxygen atoms in total. The van der Waals surface area contributed by atoms with Gasteiger partial charge in [0.1, 0.15) is 11.3 Å². The molecule has 638 valence electrons. The monoisotopic (exact) mass is 1730 g/mol. The van der Waals surface area contributed by atoms with Crippen LogP contribution in [-0.4, -0.2) is 52.7 Å². The van der Waals surface area contributed by atoms with E-state index in [1.807, 2.05) is 24.3 Å². The Morgan fingerprint density at radius 1 is 0.230 bits per heavy atom. The van der Waals surface area contributed by atoms with Gasteiger partial charge < -0.3 is 13.6 Å². The lowest BCUT2D eigenvalue weighted by molar-refractivity contribution is 0.619. The number of furan rings is 1. The molecule has 0 fully saturated rings. The van der Waals surface area contributed by atoms with Gasteiger partial charge in [0.2, 0.25) is 17.8 Å². The van der Waals surface area contributed by atoms with Gasteiger partial charge in [0.25, 0.3) is 0 Å². The molecule has 0 N–H and O–H groups in total. The Bertz CT molecular complexity index is 9460. The summed E-state index contributed by atoms with van der Waals surface area (Å²) in [6, 6.07) is 144. The Morgan fingerprint density at radius 3 is 1.13 bits per heavy atom. The molecular weight excluding hydrogens is 1650 g/mol. The van der Waals surface area contributed by atoms with Crippen molar-refractivity contribution in [3.05, 3.63) is 440 Å². The summed E-state index contributed by atoms with van der Waals surface area (Å²) in [4.78, 5) is 31.6. The summed E-state index contributed by atoms with van der Waals surface area (Å²) in [5.41, 5.74) is 34.7. The van der Waals surface area contributed by atoms with E-state index in [0.717, 1.165) is 122 Å². The standard InChI is InChI=1S/2C43H30N4.C37H25N3O/c1-43(2)37-32-21-11-14-24-36(32)46(28-17-7-4-8-18-28)41(37)33-26-25-30-29-19-10-13-23-35(29)47(40(30)38(33)43)42-44-34-22-12-9-20-31(34)39(45-42)27-15-5-3-6-16-27;1-43(2)32-25-26-36-37(38(32)41-39(43)31-21-11-14-24-35(31)46(41)28-17-7-4-8-18-28)30-20-10-13-23-34(30)47(36)42-44-33-22-12-9-19-29(33)40(45-42)27-15-5-3-6-16-27;1-37(2)28-17-9-6-15-24(28)35-33(37)27-20-31-26(21-32(27)41-35)23-14-8-11-19-30(23)40(31)36-38-29-18-10-7-16-25(29)34(39-36)22-12-4-3-5-13-22/h2*3-26H,1-2H3;3-21H,1-2H3. The molecule has 29 rings (SSSR count). The van der Waals surface area contributed by atoms with Crippen molar-refractivity contribution in [2.75, 3.05) is 0 Å². The Kier molecular flexibility index (Phi) is 16.9. The van der Waals surface area contributed by atoms with Crippen LogP contribution in [0.5, 0.6) is 0 Å². The molecule has 0 spiro atoms. The average Bonchev–Trinajstić information content (AvgIpc) is 1.52. The van der Waals surface area contributed by atoms with Crippen LogP contribution < -0.4 is 0 Å². The van der Waals surface area contributed by atoms with Gasteiger partial charge >= 0.3 is 0 Å². The molecule has 3 aliphatic rings. The molecule has 0 amide bonds. The van der Waals surface area contributed by atoms with Gasteiger partial charge in [-0.15, -0.1) is 0 Å². The molecule has 26 aromatic rings. The quantitative estimate of drug-likeness (QED) is 0.149. The zero-order chi connectivity index (χ0) is 89.8. The van der Waals surface area contributed by atoms with E-state index in [2.05, 4.69) is 447 Å². The average molecular weight is 1730 g/mol. The number of hydrogen-bond donors (Lipinski definition) is 0. The van der Waals surface area contributed by atoms with Gasteiger partial charge in [-0.05, 0) is 119 Å². The van der Waals surface area contributed by atoms with Crippen LogP contribution in [0.1, 0.15) is 74.9 Å². The number of aromatic nitrogens is 11. The molecule has 0 aliphatic heterocycles. The summed E-state index contributed by atoms with van der Waals surface area (Å²) >= 11 is 0. The summed E-state index contributed by atoms with van der Waals surface area (Å²) in [7, 11) is 0. The third kappa shape index (κ3) is 11.4. The fraction of sp³-hybridized carbons (Fsp3) is 0.0732. The van der Waals surface area contributed by atoms with E-state index in [1.165, 1.54) is 122 Å². The third-order valence-electron chi connectivity index (χ3n) is 29.0. The molecule has 0 radical (unpaired) electrons. The van der Waals surface area contributed by atoms with E-state index in [0.29, 0.717) is 17.8 Å². The first-order chi connectivity index (χ1) is 66.3. The minimum atomic E-state index is -0.297. The van der Waals surface area contributed by atoms with Gasteiger partial charge in [-0.3, -0.25) is 13.7 Å². The molecule has 9 heterocycles. The van der Waals surface area contributed by atoms with Crippen LogP contribution in [0.2, 0.25) is 0 Å². The second-order valence-corrected chi connectivity index (χ2v) is 37.5. The van der Waals surface area contributed by atoms with E-state index < -0.39 is 0 Å². The normalized spacial score (nSPS) is 13.6. The molecule has 3 aliphatic carbocycles. The number of rotatable bonds is 8. The maximum absolute atomic E-state index is 6.64. The van der Waals surface area contributed by atoms with Gasteiger partial charge in [-0.2, -0.15) is 0 Å². The van der Waals surface area contributed by atoms with Crippen LogP contribution in [0.3, 0.4) is 0 Å². The second kappa shape index (κ2) is 29.4. The highest BCUT2D eigenvalue weighted by Gasteiger charge is 2.46. The first-order valence-electron chi connectivity index (χ1n) is 46.4. The van der Waals surface area contributed by atoms with Crippen LogP contribution >= 0.6 is 0 Å². The van der Waals surface area contributed by atoms with Crippen LogP contribution in [0.4, 0.5) is 0 Å². The van der Waals surface area contributed by atoms with Crippen LogP contribution in [0.15, 0.2) is 411 Å². The summed E-state index contributed by atoms with van der Waals surface area (Å²) in [5.74, 6) is 3.01. The number of benzene rings is 17. The van der Waals surface area contributed by atoms with Gasteiger partial charge in [0.05, 0.1) is 89.2 Å². The van der Waals surface area contributed by atoms with Gasteiger partial charge in [-0.1, -0.05) is 357 Å². The Labute approximate surface area is 777 Å². The summed E-state index contributed by atoms with van der Waals surface area (Å²) in [5, 5.41) is 14.0. The van der Waals surface area contributed by atoms with Crippen molar-refractivity contribution in [2.45, 2.75) is 57.8 Å². The highest BCUT2D eigenvalue weighted by atomic mass is 16.3. The van der Waals surface area contributed by atoms with E-state index in [-0.39, 0.29) is 16.2 Å². The van der Waals surface area contributed by atoms with Crippen LogP contribution in [-0.2, 0) is 16.2 Å². The third-order valence-corrected chi connectivity index (χ3v) is 29.0. The van der Waals surface area contributed by atoms with E-state index >= 15 is 0 Å². The van der Waals surface area contributed by atoms with Crippen LogP contribution in [0, 0.1) is 0 Å². The summed E-state index contributed by atoms with van der Waals surface area (Å²) in [6.45, 7) is 14.1. The van der Waals surface area contributed by atoms with E-state index in [9.17, 15) is 0 Å². The van der Waals surface area contributed by atoms with Crippen LogP contribution in [0.25, 0.3) is 228 Å². The largest absolute Gasteiger partial charge is 0.456 e. The first kappa shape index (κ1) is 77.7. The molecule has 0 saturated heterocycles. The molecule has 0 atom stereocenters. The maximum Gasteiger partial charge on any atom is 0.235 e. The highest BCUT2D eigenvalue weighted by Crippen LogP contribution is 2.61. The minimum absolute atomic E-state index is 0.165. The number of para-hydroxylation sites is 10. The molecule has 9 aromatic heterocycles. The summed E-state index contributed by atoms with van der Waals surface area (Å²) in [6.07, 6.45) is 0. The fourth-order valence-electron chi connectivity index (χ4n) is 23.2. The van der Waals surface area contributed by atoms with Crippen molar-refractivity contribution in [1.29, 1.82) is 0 Å². The van der Waals surface area contributed by atoms with E-state index in [4.69, 9.17) is 34.3 Å². The van der Waals surface area contributed by atoms with Crippen molar-refractivity contribution in [2.24, 2.45) is 0 Å². The molecule has 0 bridgehead atoms. The number of hydrogen-bond acceptors (Lipinski definition) is 7. The molecule has 12 heteroatoms. The lowest BCUT2D eigenvalue weighted by Gasteiger charge is -2.23. The van der Waals surface area contributed by atoms with Crippen molar-refractivity contribution in [3.63, 3.8) is 0 Å². The van der Waals surface area contributed by atoms with Crippen molar-refractivity contribution in [1.82, 2.24) is 52.7 Å². The van der Waals surface area contributed by atoms with E-state index in [1.54, 1.807) is 0 Å². The van der Waals surface area contributed by atoms with Gasteiger partial charge in [0, 0.05) is 131 Å². The molecular formula is C123H85N11O. The predicted octanol–water partition coefficient (Wildman–Crippen LogP) is 30.7. The van der Waals surface area contributed by atoms with Crippen molar-refractivity contribution >= 4 is 131 Å². The highest BCUT2D eigenvalue weighted by molar-refractivity contribution is 6.21.